The molecule has 6 nitrogen and oxygen atoms in total. The molecule has 130 valence electrons. The van der Waals surface area contributed by atoms with Gasteiger partial charge in [-0.25, -0.2) is 0 Å². The minimum atomic E-state index is -0.243. The summed E-state index contributed by atoms with van der Waals surface area (Å²) in [5, 5.41) is 8.37. The molecule has 0 saturated carbocycles. The van der Waals surface area contributed by atoms with Crippen LogP contribution in [0.5, 0.6) is 0 Å². The first-order valence-corrected chi connectivity index (χ1v) is 8.09. The van der Waals surface area contributed by atoms with Crippen LogP contribution in [0.15, 0.2) is 47.1 Å². The maximum absolute atomic E-state index is 12.2. The molecule has 0 aliphatic rings. The average Bonchev–Trinajstić information content (AvgIpc) is 3.03. The average molecular weight is 340 g/mol. The molecule has 0 saturated heterocycles. The van der Waals surface area contributed by atoms with Crippen LogP contribution in [0.25, 0.3) is 21.7 Å². The number of carbonyl (C=O) groups excluding carboxylic acids is 2. The predicted octanol–water partition coefficient (Wildman–Crippen LogP) is 2.01. The van der Waals surface area contributed by atoms with E-state index in [1.54, 1.807) is 13.4 Å². The van der Waals surface area contributed by atoms with Crippen molar-refractivity contribution in [3.63, 3.8) is 0 Å². The van der Waals surface area contributed by atoms with Crippen LogP contribution < -0.4 is 10.6 Å². The van der Waals surface area contributed by atoms with Gasteiger partial charge in [0.2, 0.25) is 11.8 Å². The van der Waals surface area contributed by atoms with Crippen molar-refractivity contribution in [2.45, 2.75) is 6.42 Å². The van der Waals surface area contributed by atoms with Crippen molar-refractivity contribution in [1.82, 2.24) is 10.6 Å². The Labute approximate surface area is 145 Å². The Morgan fingerprint density at radius 1 is 1.08 bits per heavy atom. The molecule has 0 unspecified atom stereocenters. The van der Waals surface area contributed by atoms with E-state index >= 15 is 0 Å². The highest BCUT2D eigenvalue weighted by molar-refractivity contribution is 6.08. The summed E-state index contributed by atoms with van der Waals surface area (Å²) in [4.78, 5) is 23.8. The maximum atomic E-state index is 12.2. The van der Waals surface area contributed by atoms with Gasteiger partial charge in [0.05, 0.1) is 25.8 Å². The molecule has 2 aromatic carbocycles. The zero-order valence-electron chi connectivity index (χ0n) is 14.0. The monoisotopic (exact) mass is 340 g/mol. The summed E-state index contributed by atoms with van der Waals surface area (Å²) >= 11 is 0. The minimum Gasteiger partial charge on any atom is -0.464 e. The molecule has 0 fully saturated rings. The topological polar surface area (TPSA) is 80.6 Å². The summed E-state index contributed by atoms with van der Waals surface area (Å²) in [7, 11) is 1.56. The lowest BCUT2D eigenvalue weighted by Gasteiger charge is -2.06. The summed E-state index contributed by atoms with van der Waals surface area (Å²) in [6, 6.07) is 11.9. The highest BCUT2D eigenvalue weighted by atomic mass is 16.5. The molecule has 6 heteroatoms. The van der Waals surface area contributed by atoms with E-state index < -0.39 is 0 Å². The highest BCUT2D eigenvalue weighted by Crippen LogP contribution is 2.29. The molecule has 2 amide bonds. The third-order valence-corrected chi connectivity index (χ3v) is 3.97. The van der Waals surface area contributed by atoms with E-state index in [0.29, 0.717) is 13.2 Å². The van der Waals surface area contributed by atoms with Crippen LogP contribution in [0.1, 0.15) is 5.56 Å². The van der Waals surface area contributed by atoms with Crippen LogP contribution in [0.2, 0.25) is 0 Å². The molecule has 0 bridgehead atoms. The zero-order valence-corrected chi connectivity index (χ0v) is 14.0. The first-order valence-electron chi connectivity index (χ1n) is 8.09. The fourth-order valence-electron chi connectivity index (χ4n) is 2.77. The van der Waals surface area contributed by atoms with Crippen molar-refractivity contribution < 1.29 is 18.7 Å². The summed E-state index contributed by atoms with van der Waals surface area (Å²) in [5.41, 5.74) is 1.56. The SMILES string of the molecule is COCCNC(=O)CNC(=O)Cc1coc2ccc3ccccc3c12. The molecular weight excluding hydrogens is 320 g/mol. The van der Waals surface area contributed by atoms with Crippen LogP contribution in [0, 0.1) is 0 Å². The van der Waals surface area contributed by atoms with Crippen LogP contribution in [0.4, 0.5) is 0 Å². The van der Waals surface area contributed by atoms with Gasteiger partial charge in [0.25, 0.3) is 0 Å². The summed E-state index contributed by atoms with van der Waals surface area (Å²) in [6.45, 7) is 0.802. The molecule has 3 aromatic rings. The molecule has 0 radical (unpaired) electrons. The maximum Gasteiger partial charge on any atom is 0.239 e. The molecule has 25 heavy (non-hydrogen) atoms. The van der Waals surface area contributed by atoms with E-state index in [1.807, 2.05) is 36.4 Å². The normalized spacial score (nSPS) is 10.9. The lowest BCUT2D eigenvalue weighted by Crippen LogP contribution is -2.38. The van der Waals surface area contributed by atoms with Crippen LogP contribution >= 0.6 is 0 Å². The van der Waals surface area contributed by atoms with Gasteiger partial charge in [-0.15, -0.1) is 0 Å². The third-order valence-electron chi connectivity index (χ3n) is 3.97. The summed E-state index contributed by atoms with van der Waals surface area (Å²) < 4.78 is 10.4. The molecule has 0 aliphatic heterocycles. The van der Waals surface area contributed by atoms with E-state index in [4.69, 9.17) is 9.15 Å². The second-order valence-corrected chi connectivity index (χ2v) is 5.72. The number of furan rings is 1. The molecule has 1 heterocycles. The second kappa shape index (κ2) is 7.81. The van der Waals surface area contributed by atoms with Gasteiger partial charge < -0.3 is 19.8 Å². The summed E-state index contributed by atoms with van der Waals surface area (Å²) in [5.74, 6) is -0.467. The van der Waals surface area contributed by atoms with E-state index in [2.05, 4.69) is 10.6 Å². The molecule has 0 aliphatic carbocycles. The van der Waals surface area contributed by atoms with E-state index in [-0.39, 0.29) is 24.8 Å². The van der Waals surface area contributed by atoms with Crippen molar-refractivity contribution in [3.05, 3.63) is 48.2 Å². The van der Waals surface area contributed by atoms with Gasteiger partial charge in [0.15, 0.2) is 0 Å². The standard InChI is InChI=1S/C19H20N2O4/c1-24-9-8-20-18(23)11-21-17(22)10-14-12-25-16-7-6-13-4-2-3-5-15(13)19(14)16/h2-7,12H,8-11H2,1H3,(H,20,23)(H,21,22). The second-order valence-electron chi connectivity index (χ2n) is 5.72. The van der Waals surface area contributed by atoms with Gasteiger partial charge in [-0.05, 0) is 16.8 Å². The van der Waals surface area contributed by atoms with E-state index in [0.717, 1.165) is 27.3 Å². The Morgan fingerprint density at radius 2 is 1.92 bits per heavy atom. The molecule has 1 aromatic heterocycles. The van der Waals surface area contributed by atoms with Gasteiger partial charge in [0.1, 0.15) is 5.58 Å². The number of hydrogen-bond donors (Lipinski definition) is 2. The number of ether oxygens (including phenoxy) is 1. The van der Waals surface area contributed by atoms with Gasteiger partial charge in [0, 0.05) is 24.6 Å². The van der Waals surface area contributed by atoms with Crippen molar-refractivity contribution >= 4 is 33.6 Å². The Bertz CT molecular complexity index is 901. The fraction of sp³-hybridized carbons (Fsp3) is 0.263. The number of benzene rings is 2. The van der Waals surface area contributed by atoms with Crippen LogP contribution in [-0.2, 0) is 20.7 Å². The molecular formula is C19H20N2O4. The van der Waals surface area contributed by atoms with Gasteiger partial charge in [-0.2, -0.15) is 0 Å². The number of carbonyl (C=O) groups is 2. The van der Waals surface area contributed by atoms with Gasteiger partial charge >= 0.3 is 0 Å². The number of hydrogen-bond acceptors (Lipinski definition) is 4. The Morgan fingerprint density at radius 3 is 2.76 bits per heavy atom. The molecule has 2 N–H and O–H groups in total. The van der Waals surface area contributed by atoms with Crippen molar-refractivity contribution in [1.29, 1.82) is 0 Å². The first-order chi connectivity index (χ1) is 12.2. The molecule has 0 atom stereocenters. The van der Waals surface area contributed by atoms with Crippen molar-refractivity contribution in [2.24, 2.45) is 0 Å². The Kier molecular flexibility index (Phi) is 5.30. The molecule has 0 spiro atoms. The summed E-state index contributed by atoms with van der Waals surface area (Å²) in [6.07, 6.45) is 1.77. The zero-order chi connectivity index (χ0) is 17.6. The Balaban J connectivity index is 1.67. The quantitative estimate of drug-likeness (QED) is 0.645. The van der Waals surface area contributed by atoms with Crippen LogP contribution in [0.3, 0.4) is 0 Å². The van der Waals surface area contributed by atoms with Crippen LogP contribution in [-0.4, -0.2) is 38.6 Å². The fourth-order valence-corrected chi connectivity index (χ4v) is 2.77. The third kappa shape index (κ3) is 3.97. The first kappa shape index (κ1) is 17.0. The van der Waals surface area contributed by atoms with Gasteiger partial charge in [-0.3, -0.25) is 9.59 Å². The highest BCUT2D eigenvalue weighted by Gasteiger charge is 2.13. The molecule has 3 rings (SSSR count). The van der Waals surface area contributed by atoms with Crippen molar-refractivity contribution in [2.75, 3.05) is 26.8 Å². The Hall–Kier alpha value is -2.86. The van der Waals surface area contributed by atoms with Crippen molar-refractivity contribution in [3.8, 4) is 0 Å². The number of rotatable bonds is 7. The smallest absolute Gasteiger partial charge is 0.239 e. The number of fused-ring (bicyclic) bond motifs is 3. The van der Waals surface area contributed by atoms with E-state index in [1.165, 1.54) is 0 Å². The minimum absolute atomic E-state index is 0.0565. The number of nitrogens with one attached hydrogen (secondary N) is 2. The lowest BCUT2D eigenvalue weighted by molar-refractivity contribution is -0.125. The predicted molar refractivity (Wildman–Crippen MR) is 95.3 cm³/mol. The number of amides is 2. The largest absolute Gasteiger partial charge is 0.464 e. The van der Waals surface area contributed by atoms with E-state index in [9.17, 15) is 9.59 Å². The van der Waals surface area contributed by atoms with Gasteiger partial charge in [-0.1, -0.05) is 30.3 Å². The lowest BCUT2D eigenvalue weighted by atomic mass is 10.0. The number of methoxy groups -OCH3 is 1.